The van der Waals surface area contributed by atoms with Gasteiger partial charge in [0.15, 0.2) is 0 Å². The molecule has 0 bridgehead atoms. The van der Waals surface area contributed by atoms with E-state index < -0.39 is 0 Å². The molecule has 0 radical (unpaired) electrons. The maximum Gasteiger partial charge on any atom is 0.0351 e. The standard InChI is InChI=1S/C24H55N9/c25-8-2-13-30-18-19-31(15-3-9-26)22(20-30)21-33(17-5-11-28)24(7-12-29)23-6-1-14-32(23)16-4-10-27/h22-24H,1-21,25-29H2. The zero-order valence-corrected chi connectivity index (χ0v) is 21.3. The second-order valence-electron chi connectivity index (χ2n) is 9.94. The second-order valence-corrected chi connectivity index (χ2v) is 9.94. The summed E-state index contributed by atoms with van der Waals surface area (Å²) >= 11 is 0. The molecule has 2 rings (SSSR count). The quantitative estimate of drug-likeness (QED) is 0.168. The average molecular weight is 470 g/mol. The Kier molecular flexibility index (Phi) is 15.0. The summed E-state index contributed by atoms with van der Waals surface area (Å²) in [6.45, 7) is 13.7. The highest BCUT2D eigenvalue weighted by atomic mass is 15.3. The van der Waals surface area contributed by atoms with E-state index in [1.807, 2.05) is 0 Å². The van der Waals surface area contributed by atoms with Crippen LogP contribution in [0.3, 0.4) is 0 Å². The van der Waals surface area contributed by atoms with Gasteiger partial charge < -0.3 is 33.6 Å². The third-order valence-corrected chi connectivity index (χ3v) is 7.55. The van der Waals surface area contributed by atoms with Crippen molar-refractivity contribution in [1.82, 2.24) is 19.6 Å². The molecule has 0 aromatic carbocycles. The predicted molar refractivity (Wildman–Crippen MR) is 140 cm³/mol. The molecule has 0 aliphatic carbocycles. The van der Waals surface area contributed by atoms with Crippen LogP contribution in [0.1, 0.15) is 44.9 Å². The normalized spacial score (nSPS) is 24.2. The van der Waals surface area contributed by atoms with Crippen molar-refractivity contribution in [3.05, 3.63) is 0 Å². The summed E-state index contributed by atoms with van der Waals surface area (Å²) in [4.78, 5) is 10.7. The summed E-state index contributed by atoms with van der Waals surface area (Å²) in [6, 6.07) is 1.57. The van der Waals surface area contributed by atoms with Crippen molar-refractivity contribution in [1.29, 1.82) is 0 Å². The first kappa shape index (κ1) is 28.9. The van der Waals surface area contributed by atoms with Crippen LogP contribution in [0.25, 0.3) is 0 Å². The monoisotopic (exact) mass is 469 g/mol. The first-order valence-corrected chi connectivity index (χ1v) is 13.6. The average Bonchev–Trinajstić information content (AvgIpc) is 3.30. The largest absolute Gasteiger partial charge is 0.330 e. The van der Waals surface area contributed by atoms with Gasteiger partial charge in [-0.1, -0.05) is 0 Å². The lowest BCUT2D eigenvalue weighted by Crippen LogP contribution is -2.60. The van der Waals surface area contributed by atoms with E-state index in [4.69, 9.17) is 28.7 Å². The van der Waals surface area contributed by atoms with Crippen LogP contribution < -0.4 is 28.7 Å². The van der Waals surface area contributed by atoms with Crippen LogP contribution in [0.4, 0.5) is 0 Å². The van der Waals surface area contributed by atoms with Crippen LogP contribution in [0, 0.1) is 0 Å². The topological polar surface area (TPSA) is 143 Å². The molecule has 2 saturated heterocycles. The molecule has 33 heavy (non-hydrogen) atoms. The molecule has 9 nitrogen and oxygen atoms in total. The Morgan fingerprint density at radius 2 is 1.39 bits per heavy atom. The number of nitrogens with two attached hydrogens (primary N) is 5. The first-order chi connectivity index (χ1) is 16.2. The lowest BCUT2D eigenvalue weighted by Gasteiger charge is -2.46. The van der Waals surface area contributed by atoms with Crippen molar-refractivity contribution in [3.63, 3.8) is 0 Å². The number of piperazine rings is 1. The van der Waals surface area contributed by atoms with Crippen molar-refractivity contribution >= 4 is 0 Å². The van der Waals surface area contributed by atoms with Crippen molar-refractivity contribution < 1.29 is 0 Å². The Hall–Kier alpha value is -0.360. The van der Waals surface area contributed by atoms with Gasteiger partial charge in [0.25, 0.3) is 0 Å². The predicted octanol–water partition coefficient (Wildman–Crippen LogP) is -1.15. The number of nitrogens with zero attached hydrogens (tertiary/aromatic N) is 4. The number of hydrogen-bond donors (Lipinski definition) is 5. The Bertz CT molecular complexity index is 481. The van der Waals surface area contributed by atoms with Crippen LogP contribution in [0.5, 0.6) is 0 Å². The van der Waals surface area contributed by atoms with Gasteiger partial charge in [0.2, 0.25) is 0 Å². The van der Waals surface area contributed by atoms with Gasteiger partial charge in [0, 0.05) is 44.3 Å². The smallest absolute Gasteiger partial charge is 0.0351 e. The highest BCUT2D eigenvalue weighted by molar-refractivity contribution is 4.94. The van der Waals surface area contributed by atoms with Crippen LogP contribution >= 0.6 is 0 Å². The molecule has 0 aromatic heterocycles. The molecule has 2 aliphatic heterocycles. The van der Waals surface area contributed by atoms with Gasteiger partial charge in [-0.2, -0.15) is 0 Å². The van der Waals surface area contributed by atoms with Gasteiger partial charge in [-0.15, -0.1) is 0 Å². The Labute approximate surface area is 203 Å². The Morgan fingerprint density at radius 3 is 2.06 bits per heavy atom. The molecule has 2 heterocycles. The van der Waals surface area contributed by atoms with Crippen LogP contribution in [-0.4, -0.2) is 129 Å². The Balaban J connectivity index is 2.16. The third-order valence-electron chi connectivity index (χ3n) is 7.55. The molecule has 0 spiro atoms. The molecule has 0 aromatic rings. The van der Waals surface area contributed by atoms with Gasteiger partial charge in [-0.05, 0) is 110 Å². The number of rotatable bonds is 18. The van der Waals surface area contributed by atoms with Crippen molar-refractivity contribution in [2.75, 3.05) is 91.6 Å². The van der Waals surface area contributed by atoms with Crippen LogP contribution in [0.15, 0.2) is 0 Å². The molecule has 3 atom stereocenters. The minimum absolute atomic E-state index is 0.484. The molecule has 10 N–H and O–H groups in total. The summed E-state index contributed by atoms with van der Waals surface area (Å²) in [5, 5.41) is 0. The molecule has 9 heteroatoms. The van der Waals surface area contributed by atoms with E-state index in [1.165, 1.54) is 19.4 Å². The Morgan fingerprint density at radius 1 is 0.727 bits per heavy atom. The number of hydrogen-bond acceptors (Lipinski definition) is 9. The zero-order valence-electron chi connectivity index (χ0n) is 21.3. The maximum absolute atomic E-state index is 6.18. The van der Waals surface area contributed by atoms with Crippen molar-refractivity contribution in [3.8, 4) is 0 Å². The van der Waals surface area contributed by atoms with Gasteiger partial charge in [-0.3, -0.25) is 14.7 Å². The maximum atomic E-state index is 6.18. The fourth-order valence-corrected chi connectivity index (χ4v) is 5.84. The van der Waals surface area contributed by atoms with E-state index in [0.29, 0.717) is 18.1 Å². The molecule has 3 unspecified atom stereocenters. The summed E-state index contributed by atoms with van der Waals surface area (Å²) in [7, 11) is 0. The molecule has 2 fully saturated rings. The van der Waals surface area contributed by atoms with E-state index in [0.717, 1.165) is 117 Å². The van der Waals surface area contributed by atoms with Crippen molar-refractivity contribution in [2.45, 2.75) is 63.1 Å². The molecule has 2 aliphatic rings. The van der Waals surface area contributed by atoms with Gasteiger partial charge >= 0.3 is 0 Å². The van der Waals surface area contributed by atoms with E-state index in [-0.39, 0.29) is 0 Å². The highest BCUT2D eigenvalue weighted by Crippen LogP contribution is 2.26. The van der Waals surface area contributed by atoms with Crippen LogP contribution in [0.2, 0.25) is 0 Å². The first-order valence-electron chi connectivity index (χ1n) is 13.6. The van der Waals surface area contributed by atoms with E-state index >= 15 is 0 Å². The third kappa shape index (κ3) is 9.66. The molecule has 196 valence electrons. The van der Waals surface area contributed by atoms with Gasteiger partial charge in [0.1, 0.15) is 0 Å². The van der Waals surface area contributed by atoms with Gasteiger partial charge in [0.05, 0.1) is 0 Å². The summed E-state index contributed by atoms with van der Waals surface area (Å²) in [5.74, 6) is 0. The van der Waals surface area contributed by atoms with E-state index in [9.17, 15) is 0 Å². The van der Waals surface area contributed by atoms with Crippen molar-refractivity contribution in [2.24, 2.45) is 28.7 Å². The SMILES string of the molecule is NCCCN1CCN(CCCN)C(CN(CCCN)C(CCN)C2CCCN2CCCN)C1. The fourth-order valence-electron chi connectivity index (χ4n) is 5.84. The molecular weight excluding hydrogens is 414 g/mol. The summed E-state index contributed by atoms with van der Waals surface area (Å²) in [5.41, 5.74) is 29.7. The minimum atomic E-state index is 0.484. The fraction of sp³-hybridized carbons (Fsp3) is 1.00. The molecule has 0 amide bonds. The summed E-state index contributed by atoms with van der Waals surface area (Å²) < 4.78 is 0. The summed E-state index contributed by atoms with van der Waals surface area (Å²) in [6.07, 6.45) is 7.81. The highest BCUT2D eigenvalue weighted by Gasteiger charge is 2.36. The molecular formula is C24H55N9. The van der Waals surface area contributed by atoms with E-state index in [2.05, 4.69) is 19.6 Å². The zero-order chi connectivity index (χ0) is 23.9. The number of likely N-dealkylation sites (tertiary alicyclic amines) is 1. The van der Waals surface area contributed by atoms with Crippen LogP contribution in [-0.2, 0) is 0 Å². The second kappa shape index (κ2) is 17.1. The molecule has 0 saturated carbocycles. The van der Waals surface area contributed by atoms with E-state index in [1.54, 1.807) is 0 Å². The van der Waals surface area contributed by atoms with Gasteiger partial charge in [-0.25, -0.2) is 0 Å². The minimum Gasteiger partial charge on any atom is -0.330 e. The lowest BCUT2D eigenvalue weighted by molar-refractivity contribution is 0.0229. The lowest BCUT2D eigenvalue weighted by atomic mass is 9.98.